The summed E-state index contributed by atoms with van der Waals surface area (Å²) >= 11 is 0. The molecule has 0 radical (unpaired) electrons. The summed E-state index contributed by atoms with van der Waals surface area (Å²) in [5.74, 6) is 0.630. The first-order chi connectivity index (χ1) is 11.1. The SMILES string of the molecule is COc1cc(C#N)ccc1OCC(=O)NCc1cccc(C)c1. The molecule has 0 spiro atoms. The summed E-state index contributed by atoms with van der Waals surface area (Å²) in [5, 5.41) is 11.7. The lowest BCUT2D eigenvalue weighted by atomic mass is 10.1. The van der Waals surface area contributed by atoms with Gasteiger partial charge in [-0.1, -0.05) is 29.8 Å². The van der Waals surface area contributed by atoms with Crippen molar-refractivity contribution >= 4 is 5.91 Å². The number of rotatable bonds is 6. The fraction of sp³-hybridized carbons (Fsp3) is 0.222. The number of amides is 1. The second-order valence-corrected chi connectivity index (χ2v) is 5.03. The number of aryl methyl sites for hydroxylation is 1. The molecule has 0 saturated carbocycles. The van der Waals surface area contributed by atoms with Crippen LogP contribution in [0.4, 0.5) is 0 Å². The number of nitrogens with zero attached hydrogens (tertiary/aromatic N) is 1. The maximum absolute atomic E-state index is 11.9. The molecule has 0 aromatic heterocycles. The minimum absolute atomic E-state index is 0.117. The zero-order valence-electron chi connectivity index (χ0n) is 13.1. The highest BCUT2D eigenvalue weighted by Gasteiger charge is 2.08. The van der Waals surface area contributed by atoms with E-state index in [0.717, 1.165) is 11.1 Å². The summed E-state index contributed by atoms with van der Waals surface area (Å²) < 4.78 is 10.6. The van der Waals surface area contributed by atoms with Crippen molar-refractivity contribution in [2.24, 2.45) is 0 Å². The monoisotopic (exact) mass is 310 g/mol. The van der Waals surface area contributed by atoms with E-state index in [1.54, 1.807) is 18.2 Å². The van der Waals surface area contributed by atoms with Crippen LogP contribution in [0.15, 0.2) is 42.5 Å². The van der Waals surface area contributed by atoms with Gasteiger partial charge in [0.15, 0.2) is 18.1 Å². The van der Waals surface area contributed by atoms with Gasteiger partial charge in [0.1, 0.15) is 0 Å². The van der Waals surface area contributed by atoms with Gasteiger partial charge in [0.25, 0.3) is 5.91 Å². The topological polar surface area (TPSA) is 71.3 Å². The van der Waals surface area contributed by atoms with Crippen LogP contribution in [0.3, 0.4) is 0 Å². The molecule has 1 amide bonds. The molecule has 0 heterocycles. The normalized spacial score (nSPS) is 9.78. The molecule has 0 bridgehead atoms. The van der Waals surface area contributed by atoms with Crippen molar-refractivity contribution in [2.45, 2.75) is 13.5 Å². The van der Waals surface area contributed by atoms with Crippen LogP contribution in [0.25, 0.3) is 0 Å². The van der Waals surface area contributed by atoms with E-state index in [-0.39, 0.29) is 12.5 Å². The molecule has 0 atom stereocenters. The maximum atomic E-state index is 11.9. The van der Waals surface area contributed by atoms with E-state index in [4.69, 9.17) is 14.7 Å². The van der Waals surface area contributed by atoms with Gasteiger partial charge in [-0.2, -0.15) is 5.26 Å². The Bertz CT molecular complexity index is 735. The van der Waals surface area contributed by atoms with Crippen molar-refractivity contribution in [1.82, 2.24) is 5.32 Å². The molecule has 0 aliphatic heterocycles. The number of hydrogen-bond donors (Lipinski definition) is 1. The average molecular weight is 310 g/mol. The van der Waals surface area contributed by atoms with E-state index in [9.17, 15) is 4.79 Å². The van der Waals surface area contributed by atoms with Gasteiger partial charge < -0.3 is 14.8 Å². The lowest BCUT2D eigenvalue weighted by Crippen LogP contribution is -2.28. The number of carbonyl (C=O) groups is 1. The van der Waals surface area contributed by atoms with Gasteiger partial charge in [-0.25, -0.2) is 0 Å². The molecule has 0 aliphatic carbocycles. The number of methoxy groups -OCH3 is 1. The molecule has 2 aromatic rings. The van der Waals surface area contributed by atoms with E-state index < -0.39 is 0 Å². The lowest BCUT2D eigenvalue weighted by Gasteiger charge is -2.11. The highest BCUT2D eigenvalue weighted by atomic mass is 16.5. The lowest BCUT2D eigenvalue weighted by molar-refractivity contribution is -0.123. The Morgan fingerprint density at radius 3 is 2.74 bits per heavy atom. The molecule has 118 valence electrons. The van der Waals surface area contributed by atoms with Crippen LogP contribution in [0.5, 0.6) is 11.5 Å². The molecule has 23 heavy (non-hydrogen) atoms. The first kappa shape index (κ1) is 16.4. The molecule has 5 heteroatoms. The van der Waals surface area contributed by atoms with Gasteiger partial charge in [-0.3, -0.25) is 4.79 Å². The quantitative estimate of drug-likeness (QED) is 0.890. The van der Waals surface area contributed by atoms with Gasteiger partial charge in [-0.15, -0.1) is 0 Å². The minimum atomic E-state index is -0.224. The number of nitrogens with one attached hydrogen (secondary N) is 1. The molecule has 0 aliphatic rings. The number of carbonyl (C=O) groups excluding carboxylic acids is 1. The van der Waals surface area contributed by atoms with Crippen molar-refractivity contribution in [3.8, 4) is 17.6 Å². The summed E-state index contributed by atoms with van der Waals surface area (Å²) in [4.78, 5) is 11.9. The predicted molar refractivity (Wildman–Crippen MR) is 86.2 cm³/mol. The van der Waals surface area contributed by atoms with Crippen molar-refractivity contribution in [1.29, 1.82) is 5.26 Å². The van der Waals surface area contributed by atoms with Crippen molar-refractivity contribution in [2.75, 3.05) is 13.7 Å². The van der Waals surface area contributed by atoms with Crippen molar-refractivity contribution < 1.29 is 14.3 Å². The average Bonchev–Trinajstić information content (AvgIpc) is 2.58. The van der Waals surface area contributed by atoms with E-state index in [1.165, 1.54) is 7.11 Å². The molecule has 1 N–H and O–H groups in total. The summed E-state index contributed by atoms with van der Waals surface area (Å²) in [6.07, 6.45) is 0. The largest absolute Gasteiger partial charge is 0.493 e. The zero-order chi connectivity index (χ0) is 16.7. The number of benzene rings is 2. The van der Waals surface area contributed by atoms with Crippen LogP contribution < -0.4 is 14.8 Å². The highest BCUT2D eigenvalue weighted by molar-refractivity contribution is 5.77. The van der Waals surface area contributed by atoms with Crippen LogP contribution in [0, 0.1) is 18.3 Å². The number of nitriles is 1. The number of hydrogen-bond acceptors (Lipinski definition) is 4. The second kappa shape index (κ2) is 7.85. The molecular weight excluding hydrogens is 292 g/mol. The van der Waals surface area contributed by atoms with Crippen LogP contribution in [0.1, 0.15) is 16.7 Å². The van der Waals surface area contributed by atoms with E-state index in [0.29, 0.717) is 23.6 Å². The van der Waals surface area contributed by atoms with Crippen LogP contribution in [-0.2, 0) is 11.3 Å². The van der Waals surface area contributed by atoms with Gasteiger partial charge in [0.2, 0.25) is 0 Å². The Kier molecular flexibility index (Phi) is 5.59. The zero-order valence-corrected chi connectivity index (χ0v) is 13.1. The Morgan fingerprint density at radius 1 is 1.22 bits per heavy atom. The fourth-order valence-corrected chi connectivity index (χ4v) is 2.07. The first-order valence-electron chi connectivity index (χ1n) is 7.15. The molecule has 0 unspecified atom stereocenters. The maximum Gasteiger partial charge on any atom is 0.258 e. The molecule has 0 saturated heterocycles. The summed E-state index contributed by atoms with van der Waals surface area (Å²) in [6, 6.07) is 14.8. The van der Waals surface area contributed by atoms with Gasteiger partial charge in [0, 0.05) is 12.6 Å². The van der Waals surface area contributed by atoms with Crippen LogP contribution in [-0.4, -0.2) is 19.6 Å². The standard InChI is InChI=1S/C18H18N2O3/c1-13-4-3-5-15(8-13)11-20-18(21)12-23-16-7-6-14(10-19)9-17(16)22-2/h3-9H,11-12H2,1-2H3,(H,20,21). The second-order valence-electron chi connectivity index (χ2n) is 5.03. The Hall–Kier alpha value is -3.00. The Labute approximate surface area is 135 Å². The molecule has 0 fully saturated rings. The van der Waals surface area contributed by atoms with Crippen molar-refractivity contribution in [3.63, 3.8) is 0 Å². The fourth-order valence-electron chi connectivity index (χ4n) is 2.07. The van der Waals surface area contributed by atoms with Crippen LogP contribution in [0.2, 0.25) is 0 Å². The van der Waals surface area contributed by atoms with Crippen molar-refractivity contribution in [3.05, 3.63) is 59.2 Å². The molecule has 2 aromatic carbocycles. The minimum Gasteiger partial charge on any atom is -0.493 e. The summed E-state index contributed by atoms with van der Waals surface area (Å²) in [7, 11) is 1.49. The van der Waals surface area contributed by atoms with Gasteiger partial charge in [-0.05, 0) is 24.6 Å². The Morgan fingerprint density at radius 2 is 2.04 bits per heavy atom. The van der Waals surface area contributed by atoms with Gasteiger partial charge in [0.05, 0.1) is 18.7 Å². The molecule has 2 rings (SSSR count). The highest BCUT2D eigenvalue weighted by Crippen LogP contribution is 2.27. The molecule has 5 nitrogen and oxygen atoms in total. The number of ether oxygens (including phenoxy) is 2. The predicted octanol–water partition coefficient (Wildman–Crippen LogP) is 2.57. The third kappa shape index (κ3) is 4.75. The van der Waals surface area contributed by atoms with E-state index in [2.05, 4.69) is 5.32 Å². The summed E-state index contributed by atoms with van der Waals surface area (Å²) in [6.45, 7) is 2.34. The molecular formula is C18H18N2O3. The smallest absolute Gasteiger partial charge is 0.258 e. The van der Waals surface area contributed by atoms with Crippen LogP contribution >= 0.6 is 0 Å². The van der Waals surface area contributed by atoms with Gasteiger partial charge >= 0.3 is 0 Å². The third-order valence-corrected chi connectivity index (χ3v) is 3.22. The van der Waals surface area contributed by atoms with E-state index in [1.807, 2.05) is 37.3 Å². The first-order valence-corrected chi connectivity index (χ1v) is 7.15. The third-order valence-electron chi connectivity index (χ3n) is 3.22. The summed E-state index contributed by atoms with van der Waals surface area (Å²) in [5.41, 5.74) is 2.66. The van der Waals surface area contributed by atoms with E-state index >= 15 is 0 Å². The Balaban J connectivity index is 1.88.